The molecule has 0 heterocycles. The maximum Gasteiger partial charge on any atom is 0.314 e. The van der Waals surface area contributed by atoms with Crippen molar-refractivity contribution in [2.45, 2.75) is 6.42 Å². The van der Waals surface area contributed by atoms with Crippen molar-refractivity contribution in [2.75, 3.05) is 0 Å². The molecule has 0 aromatic rings. The molecule has 0 radical (unpaired) electrons. The standard InChI is InChI=1S/C3H4O4.Ti/c4-2(5)1-3(6)7;/h1H2,(H,4,5)(H,6,7);. The molecule has 0 atom stereocenters. The predicted molar refractivity (Wildman–Crippen MR) is 19.9 cm³/mol. The average molecular weight is 152 g/mol. The molecular formula is C3H4O4Ti. The summed E-state index contributed by atoms with van der Waals surface area (Å²) in [6, 6.07) is 0. The molecule has 4 nitrogen and oxygen atoms in total. The van der Waals surface area contributed by atoms with Gasteiger partial charge in [-0.2, -0.15) is 0 Å². The van der Waals surface area contributed by atoms with E-state index in [1.54, 1.807) is 0 Å². The topological polar surface area (TPSA) is 74.6 Å². The maximum absolute atomic E-state index is 9.43. The van der Waals surface area contributed by atoms with Crippen LogP contribution < -0.4 is 0 Å². The number of aliphatic carboxylic acids is 2. The van der Waals surface area contributed by atoms with E-state index < -0.39 is 18.4 Å². The van der Waals surface area contributed by atoms with E-state index in [0.717, 1.165) is 0 Å². The Labute approximate surface area is 60.4 Å². The molecule has 0 aliphatic rings. The van der Waals surface area contributed by atoms with Crippen molar-refractivity contribution in [1.29, 1.82) is 0 Å². The van der Waals surface area contributed by atoms with Crippen molar-refractivity contribution >= 4 is 11.9 Å². The summed E-state index contributed by atoms with van der Waals surface area (Å²) in [7, 11) is 0. The van der Waals surface area contributed by atoms with E-state index in [9.17, 15) is 9.59 Å². The zero-order valence-electron chi connectivity index (χ0n) is 3.92. The normalized spacial score (nSPS) is 7.00. The van der Waals surface area contributed by atoms with Gasteiger partial charge in [0.25, 0.3) is 0 Å². The van der Waals surface area contributed by atoms with E-state index >= 15 is 0 Å². The molecule has 0 aliphatic heterocycles. The predicted octanol–water partition coefficient (Wildman–Crippen LogP) is -0.457. The second kappa shape index (κ2) is 4.80. The van der Waals surface area contributed by atoms with Gasteiger partial charge in [-0.15, -0.1) is 0 Å². The Morgan fingerprint density at radius 1 is 1.12 bits per heavy atom. The van der Waals surface area contributed by atoms with Gasteiger partial charge in [-0.05, 0) is 0 Å². The van der Waals surface area contributed by atoms with E-state index in [4.69, 9.17) is 10.2 Å². The molecule has 44 valence electrons. The van der Waals surface area contributed by atoms with Crippen LogP contribution in [0.25, 0.3) is 0 Å². The molecule has 0 saturated carbocycles. The molecule has 0 saturated heterocycles. The smallest absolute Gasteiger partial charge is 0.314 e. The zero-order valence-corrected chi connectivity index (χ0v) is 5.48. The van der Waals surface area contributed by atoms with Gasteiger partial charge in [0.05, 0.1) is 0 Å². The van der Waals surface area contributed by atoms with Crippen molar-refractivity contribution in [3.63, 3.8) is 0 Å². The minimum absolute atomic E-state index is 0. The Morgan fingerprint density at radius 2 is 1.38 bits per heavy atom. The maximum atomic E-state index is 9.43. The van der Waals surface area contributed by atoms with Crippen LogP contribution >= 0.6 is 0 Å². The van der Waals surface area contributed by atoms with Crippen LogP contribution in [0.15, 0.2) is 0 Å². The third kappa shape index (κ3) is 9.17. The van der Waals surface area contributed by atoms with Gasteiger partial charge >= 0.3 is 11.9 Å². The zero-order chi connectivity index (χ0) is 5.86. The van der Waals surface area contributed by atoms with Gasteiger partial charge in [0.2, 0.25) is 0 Å². The summed E-state index contributed by atoms with van der Waals surface area (Å²) in [6.45, 7) is 0. The first-order valence-electron chi connectivity index (χ1n) is 1.56. The van der Waals surface area contributed by atoms with E-state index in [2.05, 4.69) is 0 Å². The molecule has 0 bridgehead atoms. The first-order chi connectivity index (χ1) is 3.13. The van der Waals surface area contributed by atoms with Gasteiger partial charge < -0.3 is 10.2 Å². The number of rotatable bonds is 2. The summed E-state index contributed by atoms with van der Waals surface area (Å²) < 4.78 is 0. The number of hydrogen-bond acceptors (Lipinski definition) is 2. The number of carbonyl (C=O) groups is 2. The molecule has 0 rings (SSSR count). The molecular weight excluding hydrogens is 148 g/mol. The van der Waals surface area contributed by atoms with Gasteiger partial charge in [-0.25, -0.2) is 0 Å². The summed E-state index contributed by atoms with van der Waals surface area (Å²) in [4.78, 5) is 18.9. The van der Waals surface area contributed by atoms with Gasteiger partial charge in [-0.3, -0.25) is 9.59 Å². The average Bonchev–Trinajstić information content (AvgIpc) is 1.27. The Morgan fingerprint density at radius 3 is 1.38 bits per heavy atom. The molecule has 0 aliphatic carbocycles. The van der Waals surface area contributed by atoms with Crippen LogP contribution in [-0.2, 0) is 31.3 Å². The van der Waals surface area contributed by atoms with Crippen molar-refractivity contribution in [2.24, 2.45) is 0 Å². The van der Waals surface area contributed by atoms with Crippen LogP contribution in [0.1, 0.15) is 6.42 Å². The third-order valence-electron chi connectivity index (χ3n) is 0.302. The summed E-state index contributed by atoms with van der Waals surface area (Å²) >= 11 is 0. The monoisotopic (exact) mass is 152 g/mol. The number of carboxylic acid groups (broad SMARTS) is 2. The second-order valence-electron chi connectivity index (χ2n) is 0.964. The van der Waals surface area contributed by atoms with Crippen molar-refractivity contribution in [3.05, 3.63) is 0 Å². The SMILES string of the molecule is O=C(O)CC(=O)O.[Ti]. The largest absolute Gasteiger partial charge is 0.481 e. The van der Waals surface area contributed by atoms with Gasteiger partial charge in [-0.1, -0.05) is 0 Å². The molecule has 0 amide bonds. The Balaban J connectivity index is 0. The van der Waals surface area contributed by atoms with Crippen LogP contribution in [-0.4, -0.2) is 22.2 Å². The summed E-state index contributed by atoms with van der Waals surface area (Å²) in [5.41, 5.74) is 0. The number of carboxylic acids is 2. The molecule has 0 unspecified atom stereocenters. The molecule has 0 spiro atoms. The van der Waals surface area contributed by atoms with Crippen LogP contribution in [0.2, 0.25) is 0 Å². The molecule has 8 heavy (non-hydrogen) atoms. The summed E-state index contributed by atoms with van der Waals surface area (Å²) in [5, 5.41) is 15.4. The van der Waals surface area contributed by atoms with Crippen LogP contribution in [0.3, 0.4) is 0 Å². The first kappa shape index (κ1) is 10.6. The van der Waals surface area contributed by atoms with Gasteiger partial charge in [0, 0.05) is 21.7 Å². The van der Waals surface area contributed by atoms with E-state index in [1.165, 1.54) is 0 Å². The molecule has 0 aromatic carbocycles. The van der Waals surface area contributed by atoms with Gasteiger partial charge in [0.15, 0.2) is 0 Å². The van der Waals surface area contributed by atoms with Crippen LogP contribution in [0, 0.1) is 0 Å². The third-order valence-corrected chi connectivity index (χ3v) is 0.302. The van der Waals surface area contributed by atoms with Crippen molar-refractivity contribution in [1.82, 2.24) is 0 Å². The molecule has 5 heteroatoms. The quantitative estimate of drug-likeness (QED) is 0.414. The Bertz CT molecular complexity index is 87.5. The Hall–Kier alpha value is -0.346. The fraction of sp³-hybridized carbons (Fsp3) is 0.333. The Kier molecular flexibility index (Phi) is 6.37. The minimum Gasteiger partial charge on any atom is -0.481 e. The molecule has 0 fully saturated rings. The fourth-order valence-electron chi connectivity index (χ4n) is 0.129. The minimum atomic E-state index is -1.31. The van der Waals surface area contributed by atoms with Crippen molar-refractivity contribution in [3.8, 4) is 0 Å². The molecule has 2 N–H and O–H groups in total. The van der Waals surface area contributed by atoms with Crippen molar-refractivity contribution < 1.29 is 41.5 Å². The van der Waals surface area contributed by atoms with Crippen LogP contribution in [0.5, 0.6) is 0 Å². The molecule has 0 aromatic heterocycles. The summed E-state index contributed by atoms with van der Waals surface area (Å²) in [6.07, 6.45) is -0.806. The first-order valence-corrected chi connectivity index (χ1v) is 1.56. The number of hydrogen-bond donors (Lipinski definition) is 2. The van der Waals surface area contributed by atoms with Gasteiger partial charge in [0.1, 0.15) is 6.42 Å². The van der Waals surface area contributed by atoms with E-state index in [1.807, 2.05) is 0 Å². The summed E-state index contributed by atoms with van der Waals surface area (Å²) in [5.74, 6) is -2.62. The van der Waals surface area contributed by atoms with E-state index in [-0.39, 0.29) is 21.7 Å². The van der Waals surface area contributed by atoms with E-state index in [0.29, 0.717) is 0 Å². The fourth-order valence-corrected chi connectivity index (χ4v) is 0.129. The van der Waals surface area contributed by atoms with Crippen LogP contribution in [0.4, 0.5) is 0 Å². The second-order valence-corrected chi connectivity index (χ2v) is 0.964.